The largest absolute Gasteiger partial charge is 0.458 e. The van der Waals surface area contributed by atoms with E-state index in [1.54, 1.807) is 0 Å². The van der Waals surface area contributed by atoms with Gasteiger partial charge in [0.2, 0.25) is 0 Å². The number of halogens is 1. The minimum absolute atomic E-state index is 0.0731. The molecule has 2 rings (SSSR count). The molecule has 0 spiro atoms. The van der Waals surface area contributed by atoms with Crippen LogP contribution in [0, 0.1) is 0 Å². The Kier molecular flexibility index (Phi) is 4.43. The van der Waals surface area contributed by atoms with E-state index in [1.165, 1.54) is 0 Å². The average molecular weight is 295 g/mol. The highest BCUT2D eigenvalue weighted by molar-refractivity contribution is 6.34. The van der Waals surface area contributed by atoms with E-state index in [-0.39, 0.29) is 11.6 Å². The second kappa shape index (κ2) is 5.76. The quantitative estimate of drug-likeness (QED) is 0.901. The minimum Gasteiger partial charge on any atom is -0.458 e. The summed E-state index contributed by atoms with van der Waals surface area (Å²) in [5.41, 5.74) is 0.692. The van der Waals surface area contributed by atoms with Crippen molar-refractivity contribution in [3.8, 4) is 0 Å². The van der Waals surface area contributed by atoms with Crippen LogP contribution in [0.1, 0.15) is 32.6 Å². The lowest BCUT2D eigenvalue weighted by atomic mass is 9.91. The molecular weight excluding hydrogens is 272 g/mol. The molecule has 1 N–H and O–H groups in total. The number of benzene rings is 1. The molecule has 0 saturated carbocycles. The first kappa shape index (κ1) is 15.4. The van der Waals surface area contributed by atoms with Gasteiger partial charge in [-0.05, 0) is 46.6 Å². The summed E-state index contributed by atoms with van der Waals surface area (Å²) in [6.07, 6.45) is 0. The van der Waals surface area contributed by atoms with Gasteiger partial charge in [0, 0.05) is 10.9 Å². The smallest absolute Gasteiger partial charge is 0.152 e. The van der Waals surface area contributed by atoms with E-state index in [2.05, 4.69) is 51.1 Å². The zero-order valence-corrected chi connectivity index (χ0v) is 13.6. The van der Waals surface area contributed by atoms with Crippen molar-refractivity contribution < 1.29 is 4.42 Å². The van der Waals surface area contributed by atoms with Crippen molar-refractivity contribution in [2.45, 2.75) is 32.4 Å². The van der Waals surface area contributed by atoms with Crippen LogP contribution in [0.15, 0.2) is 28.7 Å². The summed E-state index contributed by atoms with van der Waals surface area (Å²) < 4.78 is 6.03. The second-order valence-corrected chi connectivity index (χ2v) is 6.25. The van der Waals surface area contributed by atoms with Crippen LogP contribution < -0.4 is 5.32 Å². The molecule has 4 heteroatoms. The maximum atomic E-state index is 6.20. The Bertz CT molecular complexity index is 589. The van der Waals surface area contributed by atoms with Gasteiger partial charge in [-0.15, -0.1) is 0 Å². The van der Waals surface area contributed by atoms with E-state index in [9.17, 15) is 0 Å². The van der Waals surface area contributed by atoms with Crippen LogP contribution in [0.2, 0.25) is 5.02 Å². The standard InChI is InChI=1S/C16H23ClN2O/c1-6-18-15(16(2,3)19(4)5)13-10-11-8-7-9-12(17)14(11)20-13/h7-10,15,18H,6H2,1-5H3. The molecule has 0 amide bonds. The Morgan fingerprint density at radius 2 is 2.05 bits per heavy atom. The van der Waals surface area contributed by atoms with Crippen LogP contribution in [-0.4, -0.2) is 31.1 Å². The number of furan rings is 1. The van der Waals surface area contributed by atoms with E-state index in [4.69, 9.17) is 16.0 Å². The molecule has 0 radical (unpaired) electrons. The van der Waals surface area contributed by atoms with E-state index < -0.39 is 0 Å². The van der Waals surface area contributed by atoms with Gasteiger partial charge >= 0.3 is 0 Å². The monoisotopic (exact) mass is 294 g/mol. The number of hydrogen-bond donors (Lipinski definition) is 1. The Morgan fingerprint density at radius 1 is 1.35 bits per heavy atom. The third-order valence-corrected chi connectivity index (χ3v) is 4.36. The van der Waals surface area contributed by atoms with Gasteiger partial charge < -0.3 is 14.6 Å². The predicted octanol–water partition coefficient (Wildman–Crippen LogP) is 4.08. The van der Waals surface area contributed by atoms with Gasteiger partial charge in [0.25, 0.3) is 0 Å². The normalized spacial score (nSPS) is 14.2. The molecule has 0 bridgehead atoms. The van der Waals surface area contributed by atoms with Gasteiger partial charge in [-0.1, -0.05) is 30.7 Å². The average Bonchev–Trinajstić information content (AvgIpc) is 2.80. The maximum absolute atomic E-state index is 6.20. The fourth-order valence-electron chi connectivity index (χ4n) is 2.35. The zero-order valence-electron chi connectivity index (χ0n) is 12.8. The first-order valence-electron chi connectivity index (χ1n) is 6.96. The minimum atomic E-state index is -0.0731. The van der Waals surface area contributed by atoms with Gasteiger partial charge in [-0.25, -0.2) is 0 Å². The van der Waals surface area contributed by atoms with E-state index in [1.807, 2.05) is 18.2 Å². The van der Waals surface area contributed by atoms with E-state index >= 15 is 0 Å². The molecule has 20 heavy (non-hydrogen) atoms. The third-order valence-electron chi connectivity index (χ3n) is 4.07. The fourth-order valence-corrected chi connectivity index (χ4v) is 2.57. The first-order chi connectivity index (χ1) is 9.37. The molecule has 0 aliphatic rings. The number of nitrogens with one attached hydrogen (secondary N) is 1. The molecule has 3 nitrogen and oxygen atoms in total. The SMILES string of the molecule is CCNC(c1cc2cccc(Cl)c2o1)C(C)(C)N(C)C. The van der Waals surface area contributed by atoms with Gasteiger partial charge in [-0.3, -0.25) is 0 Å². The second-order valence-electron chi connectivity index (χ2n) is 5.85. The highest BCUT2D eigenvalue weighted by atomic mass is 35.5. The molecular formula is C16H23ClN2O. The van der Waals surface area contributed by atoms with Crippen molar-refractivity contribution in [3.05, 3.63) is 35.0 Å². The lowest BCUT2D eigenvalue weighted by Gasteiger charge is -2.39. The van der Waals surface area contributed by atoms with Crippen LogP contribution in [0.3, 0.4) is 0 Å². The van der Waals surface area contributed by atoms with Crippen molar-refractivity contribution in [2.24, 2.45) is 0 Å². The Hall–Kier alpha value is -1.03. The van der Waals surface area contributed by atoms with Gasteiger partial charge in [-0.2, -0.15) is 0 Å². The molecule has 1 atom stereocenters. The molecule has 0 fully saturated rings. The number of para-hydroxylation sites is 1. The Morgan fingerprint density at radius 3 is 2.60 bits per heavy atom. The molecule has 0 aliphatic carbocycles. The van der Waals surface area contributed by atoms with Crippen molar-refractivity contribution in [3.63, 3.8) is 0 Å². The summed E-state index contributed by atoms with van der Waals surface area (Å²) in [7, 11) is 4.17. The lowest BCUT2D eigenvalue weighted by Crippen LogP contribution is -2.49. The summed E-state index contributed by atoms with van der Waals surface area (Å²) in [4.78, 5) is 2.20. The van der Waals surface area contributed by atoms with Crippen molar-refractivity contribution >= 4 is 22.6 Å². The number of likely N-dealkylation sites (N-methyl/N-ethyl adjacent to an activating group) is 2. The number of rotatable bonds is 5. The topological polar surface area (TPSA) is 28.4 Å². The fraction of sp³-hybridized carbons (Fsp3) is 0.500. The summed E-state index contributed by atoms with van der Waals surface area (Å²) >= 11 is 6.20. The summed E-state index contributed by atoms with van der Waals surface area (Å²) in [6.45, 7) is 7.39. The molecule has 0 saturated heterocycles. The molecule has 2 aromatic rings. The van der Waals surface area contributed by atoms with Gasteiger partial charge in [0.05, 0.1) is 11.1 Å². The number of fused-ring (bicyclic) bond motifs is 1. The van der Waals surface area contributed by atoms with Crippen molar-refractivity contribution in [2.75, 3.05) is 20.6 Å². The number of hydrogen-bond acceptors (Lipinski definition) is 3. The molecule has 1 aromatic heterocycles. The van der Waals surface area contributed by atoms with Crippen molar-refractivity contribution in [1.82, 2.24) is 10.2 Å². The van der Waals surface area contributed by atoms with E-state index in [0.29, 0.717) is 5.02 Å². The van der Waals surface area contributed by atoms with Crippen LogP contribution in [0.25, 0.3) is 11.0 Å². The summed E-state index contributed by atoms with van der Waals surface area (Å²) in [6, 6.07) is 8.02. The van der Waals surface area contributed by atoms with Crippen LogP contribution in [-0.2, 0) is 0 Å². The van der Waals surface area contributed by atoms with Gasteiger partial charge in [0.1, 0.15) is 5.76 Å². The molecule has 0 aliphatic heterocycles. The molecule has 1 unspecified atom stereocenters. The summed E-state index contributed by atoms with van der Waals surface area (Å²) in [5, 5.41) is 5.23. The maximum Gasteiger partial charge on any atom is 0.152 e. The highest BCUT2D eigenvalue weighted by Gasteiger charge is 2.34. The third kappa shape index (κ3) is 2.71. The molecule has 110 valence electrons. The summed E-state index contributed by atoms with van der Waals surface area (Å²) in [5.74, 6) is 0.925. The lowest BCUT2D eigenvalue weighted by molar-refractivity contribution is 0.127. The van der Waals surface area contributed by atoms with Crippen molar-refractivity contribution in [1.29, 1.82) is 0 Å². The Balaban J connectivity index is 2.49. The molecule has 1 heterocycles. The van der Waals surface area contributed by atoms with E-state index in [0.717, 1.165) is 23.3 Å². The van der Waals surface area contributed by atoms with Crippen LogP contribution in [0.5, 0.6) is 0 Å². The number of nitrogens with zero attached hydrogens (tertiary/aromatic N) is 1. The molecule has 1 aromatic carbocycles. The predicted molar refractivity (Wildman–Crippen MR) is 85.4 cm³/mol. The zero-order chi connectivity index (χ0) is 14.9. The first-order valence-corrected chi connectivity index (χ1v) is 7.34. The highest BCUT2D eigenvalue weighted by Crippen LogP contribution is 2.35. The van der Waals surface area contributed by atoms with Crippen LogP contribution >= 0.6 is 11.6 Å². The van der Waals surface area contributed by atoms with Gasteiger partial charge in [0.15, 0.2) is 5.58 Å². The Labute approximate surface area is 125 Å². The van der Waals surface area contributed by atoms with Crippen LogP contribution in [0.4, 0.5) is 0 Å².